The minimum atomic E-state index is -0.0399. The van der Waals surface area contributed by atoms with Crippen LogP contribution in [0, 0.1) is 5.92 Å². The molecule has 2 rings (SSSR count). The van der Waals surface area contributed by atoms with Crippen LogP contribution in [0.15, 0.2) is 29.3 Å². The van der Waals surface area contributed by atoms with Crippen LogP contribution in [-0.2, 0) is 11.3 Å². The Labute approximate surface area is 204 Å². The van der Waals surface area contributed by atoms with E-state index in [1.807, 2.05) is 31.2 Å². The molecule has 0 aliphatic carbocycles. The van der Waals surface area contributed by atoms with Crippen molar-refractivity contribution in [2.45, 2.75) is 46.7 Å². The molecule has 7 nitrogen and oxygen atoms in total. The number of ether oxygens (including phenoxy) is 1. The van der Waals surface area contributed by atoms with Crippen molar-refractivity contribution in [3.63, 3.8) is 0 Å². The Morgan fingerprint density at radius 2 is 1.71 bits per heavy atom. The zero-order valence-electron chi connectivity index (χ0n) is 19.4. The van der Waals surface area contributed by atoms with E-state index in [9.17, 15) is 4.79 Å². The van der Waals surface area contributed by atoms with Gasteiger partial charge in [0.25, 0.3) is 5.91 Å². The first kappa shape index (κ1) is 27.6. The van der Waals surface area contributed by atoms with Gasteiger partial charge in [-0.15, -0.1) is 24.0 Å². The molecule has 1 amide bonds. The van der Waals surface area contributed by atoms with Crippen molar-refractivity contribution in [1.29, 1.82) is 0 Å². The van der Waals surface area contributed by atoms with E-state index in [0.717, 1.165) is 57.3 Å². The summed E-state index contributed by atoms with van der Waals surface area (Å²) in [4.78, 5) is 19.2. The fourth-order valence-electron chi connectivity index (χ4n) is 3.60. The second-order valence-corrected chi connectivity index (χ2v) is 8.06. The SMILES string of the molecule is CCNC(=O)c1ccc(CN=C(NCC)NCC(CC(C)C)N2CCOCC2)cc1.I. The Hall–Kier alpha value is -1.39. The second-order valence-electron chi connectivity index (χ2n) is 8.06. The standard InChI is InChI=1S/C23H39N5O2.HI/c1-5-24-22(29)20-9-7-19(8-10-20)16-26-23(25-6-2)27-17-21(15-18(3)4)28-11-13-30-14-12-28;/h7-10,18,21H,5-6,11-17H2,1-4H3,(H,24,29)(H2,25,26,27);1H. The van der Waals surface area contributed by atoms with Crippen molar-refractivity contribution in [2.75, 3.05) is 45.9 Å². The molecule has 1 unspecified atom stereocenters. The molecule has 1 heterocycles. The molecule has 0 spiro atoms. The maximum absolute atomic E-state index is 11.9. The van der Waals surface area contributed by atoms with Gasteiger partial charge in [-0.3, -0.25) is 9.69 Å². The quantitative estimate of drug-likeness (QED) is 0.240. The van der Waals surface area contributed by atoms with Crippen molar-refractivity contribution in [3.05, 3.63) is 35.4 Å². The van der Waals surface area contributed by atoms with Gasteiger partial charge in [0.05, 0.1) is 19.8 Å². The van der Waals surface area contributed by atoms with Crippen LogP contribution in [0.2, 0.25) is 0 Å². The van der Waals surface area contributed by atoms with Gasteiger partial charge in [0.1, 0.15) is 0 Å². The predicted octanol–water partition coefficient (Wildman–Crippen LogP) is 2.86. The lowest BCUT2D eigenvalue weighted by molar-refractivity contribution is 0.0132. The number of aliphatic imine (C=N–C) groups is 1. The summed E-state index contributed by atoms with van der Waals surface area (Å²) in [6.45, 7) is 15.0. The summed E-state index contributed by atoms with van der Waals surface area (Å²) in [6.07, 6.45) is 1.15. The fraction of sp³-hybridized carbons (Fsp3) is 0.652. The number of carbonyl (C=O) groups excluding carboxylic acids is 1. The van der Waals surface area contributed by atoms with Crippen LogP contribution in [0.4, 0.5) is 0 Å². The minimum absolute atomic E-state index is 0. The van der Waals surface area contributed by atoms with Crippen molar-refractivity contribution in [1.82, 2.24) is 20.9 Å². The Kier molecular flexibility index (Phi) is 13.7. The van der Waals surface area contributed by atoms with Crippen LogP contribution in [0.5, 0.6) is 0 Å². The summed E-state index contributed by atoms with van der Waals surface area (Å²) in [5.74, 6) is 1.43. The molecule has 1 aromatic carbocycles. The summed E-state index contributed by atoms with van der Waals surface area (Å²) >= 11 is 0. The lowest BCUT2D eigenvalue weighted by atomic mass is 10.0. The first-order valence-corrected chi connectivity index (χ1v) is 11.2. The van der Waals surface area contributed by atoms with Gasteiger partial charge in [-0.25, -0.2) is 4.99 Å². The third-order valence-electron chi connectivity index (χ3n) is 5.13. The molecule has 0 saturated carbocycles. The topological polar surface area (TPSA) is 78.0 Å². The van der Waals surface area contributed by atoms with Gasteiger partial charge in [-0.1, -0.05) is 26.0 Å². The Bertz CT molecular complexity index is 660. The molecule has 0 bridgehead atoms. The van der Waals surface area contributed by atoms with Crippen LogP contribution in [0.3, 0.4) is 0 Å². The van der Waals surface area contributed by atoms with E-state index in [2.05, 4.69) is 41.6 Å². The average Bonchev–Trinajstić information content (AvgIpc) is 2.75. The minimum Gasteiger partial charge on any atom is -0.379 e. The Morgan fingerprint density at radius 1 is 1.06 bits per heavy atom. The molecule has 8 heteroatoms. The number of nitrogens with one attached hydrogen (secondary N) is 3. The fourth-order valence-corrected chi connectivity index (χ4v) is 3.60. The molecule has 3 N–H and O–H groups in total. The van der Waals surface area contributed by atoms with Gasteiger partial charge in [-0.05, 0) is 43.9 Å². The number of nitrogens with zero attached hydrogens (tertiary/aromatic N) is 2. The first-order valence-electron chi connectivity index (χ1n) is 11.2. The van der Waals surface area contributed by atoms with Crippen molar-refractivity contribution < 1.29 is 9.53 Å². The largest absolute Gasteiger partial charge is 0.379 e. The third-order valence-corrected chi connectivity index (χ3v) is 5.13. The lowest BCUT2D eigenvalue weighted by Crippen LogP contribution is -2.51. The van der Waals surface area contributed by atoms with Crippen molar-refractivity contribution >= 4 is 35.8 Å². The Balaban J connectivity index is 0.00000480. The lowest BCUT2D eigenvalue weighted by Gasteiger charge is -2.35. The summed E-state index contributed by atoms with van der Waals surface area (Å²) in [5.41, 5.74) is 1.75. The highest BCUT2D eigenvalue weighted by atomic mass is 127. The number of hydrogen-bond donors (Lipinski definition) is 3. The van der Waals surface area contributed by atoms with Gasteiger partial charge in [0.15, 0.2) is 5.96 Å². The molecule has 0 radical (unpaired) electrons. The van der Waals surface area contributed by atoms with E-state index in [0.29, 0.717) is 30.6 Å². The zero-order valence-corrected chi connectivity index (χ0v) is 21.8. The highest BCUT2D eigenvalue weighted by Gasteiger charge is 2.22. The number of carbonyl (C=O) groups is 1. The maximum Gasteiger partial charge on any atom is 0.251 e. The number of guanidine groups is 1. The molecular weight excluding hydrogens is 505 g/mol. The molecule has 1 atom stereocenters. The molecule has 1 aliphatic heterocycles. The van der Waals surface area contributed by atoms with Gasteiger partial charge in [0.2, 0.25) is 0 Å². The van der Waals surface area contributed by atoms with Crippen molar-refractivity contribution in [2.24, 2.45) is 10.9 Å². The second kappa shape index (κ2) is 15.4. The van der Waals surface area contributed by atoms with E-state index in [1.165, 1.54) is 0 Å². The monoisotopic (exact) mass is 545 g/mol. The zero-order chi connectivity index (χ0) is 21.8. The molecule has 0 aromatic heterocycles. The van der Waals surface area contributed by atoms with Gasteiger partial charge in [-0.2, -0.15) is 0 Å². The molecular formula is C23H40IN5O2. The summed E-state index contributed by atoms with van der Waals surface area (Å²) in [5, 5.41) is 9.69. The number of benzene rings is 1. The van der Waals surface area contributed by atoms with Crippen LogP contribution in [-0.4, -0.2) is 68.7 Å². The summed E-state index contributed by atoms with van der Waals surface area (Å²) < 4.78 is 5.52. The summed E-state index contributed by atoms with van der Waals surface area (Å²) in [6, 6.07) is 8.11. The molecule has 1 aliphatic rings. The average molecular weight is 546 g/mol. The molecule has 31 heavy (non-hydrogen) atoms. The number of hydrogen-bond acceptors (Lipinski definition) is 4. The highest BCUT2D eigenvalue weighted by molar-refractivity contribution is 14.0. The summed E-state index contributed by atoms with van der Waals surface area (Å²) in [7, 11) is 0. The molecule has 176 valence electrons. The smallest absolute Gasteiger partial charge is 0.251 e. The van der Waals surface area contributed by atoms with Crippen molar-refractivity contribution in [3.8, 4) is 0 Å². The molecule has 1 saturated heterocycles. The highest BCUT2D eigenvalue weighted by Crippen LogP contribution is 2.13. The van der Waals surface area contributed by atoms with E-state index < -0.39 is 0 Å². The van der Waals surface area contributed by atoms with Gasteiger partial charge >= 0.3 is 0 Å². The van der Waals surface area contributed by atoms with E-state index in [-0.39, 0.29) is 29.9 Å². The van der Waals surface area contributed by atoms with Crippen LogP contribution < -0.4 is 16.0 Å². The van der Waals surface area contributed by atoms with Crippen LogP contribution >= 0.6 is 24.0 Å². The first-order chi connectivity index (χ1) is 14.5. The van der Waals surface area contributed by atoms with E-state index in [1.54, 1.807) is 0 Å². The van der Waals surface area contributed by atoms with E-state index >= 15 is 0 Å². The molecule has 1 aromatic rings. The number of morpholine rings is 1. The number of amides is 1. The van der Waals surface area contributed by atoms with E-state index in [4.69, 9.17) is 9.73 Å². The normalized spacial score (nSPS) is 15.8. The number of rotatable bonds is 10. The van der Waals surface area contributed by atoms with Crippen LogP contribution in [0.25, 0.3) is 0 Å². The van der Waals surface area contributed by atoms with Gasteiger partial charge in [0, 0.05) is 44.3 Å². The van der Waals surface area contributed by atoms with Gasteiger partial charge < -0.3 is 20.7 Å². The van der Waals surface area contributed by atoms with Crippen LogP contribution in [0.1, 0.15) is 50.0 Å². The Morgan fingerprint density at radius 3 is 2.29 bits per heavy atom. The predicted molar refractivity (Wildman–Crippen MR) is 138 cm³/mol. The number of halogens is 1. The third kappa shape index (κ3) is 10.2. The molecule has 1 fully saturated rings. The maximum atomic E-state index is 11.9.